The van der Waals surface area contributed by atoms with Crippen molar-refractivity contribution in [2.75, 3.05) is 12.3 Å². The smallest absolute Gasteiger partial charge is 0.269 e. The molecule has 0 unspecified atom stereocenters. The molecule has 1 aliphatic rings. The molecule has 0 atom stereocenters. The predicted octanol–water partition coefficient (Wildman–Crippen LogP) is 2.61. The summed E-state index contributed by atoms with van der Waals surface area (Å²) in [4.78, 5) is 15.9. The van der Waals surface area contributed by atoms with Crippen molar-refractivity contribution in [3.05, 3.63) is 24.0 Å². The van der Waals surface area contributed by atoms with Gasteiger partial charge in [-0.25, -0.2) is 4.98 Å². The maximum atomic E-state index is 11.9. The molecule has 0 spiro atoms. The number of carbonyl (C=O) groups excluding carboxylic acids is 1. The van der Waals surface area contributed by atoms with Crippen LogP contribution in [0.5, 0.6) is 0 Å². The Balaban J connectivity index is 1.76. The van der Waals surface area contributed by atoms with E-state index in [1.54, 1.807) is 12.1 Å². The van der Waals surface area contributed by atoms with Gasteiger partial charge in [-0.2, -0.15) is 0 Å². The molecule has 0 aliphatic heterocycles. The van der Waals surface area contributed by atoms with Gasteiger partial charge in [0.05, 0.1) is 11.9 Å². The summed E-state index contributed by atoms with van der Waals surface area (Å²) in [6, 6.07) is 3.37. The highest BCUT2D eigenvalue weighted by Crippen LogP contribution is 2.30. The third kappa shape index (κ3) is 3.94. The molecule has 3 N–H and O–H groups in total. The van der Waals surface area contributed by atoms with E-state index in [-0.39, 0.29) is 5.91 Å². The Labute approximate surface area is 114 Å². The maximum absolute atomic E-state index is 11.9. The normalized spacial score (nSPS) is 23.0. The van der Waals surface area contributed by atoms with E-state index in [9.17, 15) is 4.79 Å². The van der Waals surface area contributed by atoms with E-state index in [4.69, 9.17) is 5.73 Å². The van der Waals surface area contributed by atoms with Crippen molar-refractivity contribution in [1.82, 2.24) is 10.3 Å². The lowest BCUT2D eigenvalue weighted by molar-refractivity contribution is 0.0936. The number of amides is 1. The van der Waals surface area contributed by atoms with E-state index in [1.165, 1.54) is 38.3 Å². The maximum Gasteiger partial charge on any atom is 0.269 e. The summed E-state index contributed by atoms with van der Waals surface area (Å²) in [5.41, 5.74) is 6.57. The minimum atomic E-state index is -0.0994. The molecular formula is C15H23N3O. The summed E-state index contributed by atoms with van der Waals surface area (Å²) in [6.07, 6.45) is 7.87. The van der Waals surface area contributed by atoms with Gasteiger partial charge >= 0.3 is 0 Å². The zero-order valence-corrected chi connectivity index (χ0v) is 11.6. The van der Waals surface area contributed by atoms with Gasteiger partial charge in [-0.05, 0) is 36.8 Å². The van der Waals surface area contributed by atoms with Crippen molar-refractivity contribution in [2.45, 2.75) is 39.0 Å². The van der Waals surface area contributed by atoms with E-state index in [2.05, 4.69) is 17.2 Å². The monoisotopic (exact) mass is 261 g/mol. The van der Waals surface area contributed by atoms with E-state index in [1.807, 2.05) is 0 Å². The molecule has 4 nitrogen and oxygen atoms in total. The van der Waals surface area contributed by atoms with Crippen molar-refractivity contribution in [3.63, 3.8) is 0 Å². The van der Waals surface area contributed by atoms with Crippen LogP contribution in [-0.4, -0.2) is 17.4 Å². The number of hydrogen-bond acceptors (Lipinski definition) is 3. The summed E-state index contributed by atoms with van der Waals surface area (Å²) in [6.45, 7) is 3.03. The van der Waals surface area contributed by atoms with Gasteiger partial charge in [0.2, 0.25) is 0 Å². The topological polar surface area (TPSA) is 68.0 Å². The molecule has 0 saturated heterocycles. The minimum Gasteiger partial charge on any atom is -0.397 e. The average Bonchev–Trinajstić information content (AvgIpc) is 2.46. The van der Waals surface area contributed by atoms with Gasteiger partial charge in [0.25, 0.3) is 5.91 Å². The number of rotatable bonds is 4. The van der Waals surface area contributed by atoms with E-state index in [0.29, 0.717) is 17.3 Å². The molecule has 1 fully saturated rings. The first-order valence-corrected chi connectivity index (χ1v) is 7.18. The van der Waals surface area contributed by atoms with Crippen molar-refractivity contribution in [2.24, 2.45) is 11.8 Å². The largest absolute Gasteiger partial charge is 0.397 e. The number of pyridine rings is 1. The van der Waals surface area contributed by atoms with Gasteiger partial charge in [-0.15, -0.1) is 0 Å². The highest BCUT2D eigenvalue weighted by Gasteiger charge is 2.20. The Kier molecular flexibility index (Phi) is 4.77. The second-order valence-electron chi connectivity index (χ2n) is 5.48. The molecule has 1 aliphatic carbocycles. The molecule has 1 saturated carbocycles. The Hall–Kier alpha value is -1.58. The van der Waals surface area contributed by atoms with Crippen LogP contribution in [0.25, 0.3) is 0 Å². The number of nitrogens with zero attached hydrogens (tertiary/aromatic N) is 1. The van der Waals surface area contributed by atoms with Crippen LogP contribution in [0.1, 0.15) is 49.5 Å². The van der Waals surface area contributed by atoms with Gasteiger partial charge in [0, 0.05) is 6.54 Å². The quantitative estimate of drug-likeness (QED) is 0.875. The molecule has 104 valence electrons. The van der Waals surface area contributed by atoms with Crippen LogP contribution >= 0.6 is 0 Å². The van der Waals surface area contributed by atoms with Crippen LogP contribution < -0.4 is 11.1 Å². The van der Waals surface area contributed by atoms with Crippen LogP contribution in [-0.2, 0) is 0 Å². The van der Waals surface area contributed by atoms with Gasteiger partial charge in [-0.3, -0.25) is 4.79 Å². The van der Waals surface area contributed by atoms with E-state index in [0.717, 1.165) is 12.5 Å². The number of anilines is 1. The molecule has 1 amide bonds. The average molecular weight is 261 g/mol. The van der Waals surface area contributed by atoms with Crippen LogP contribution in [0.15, 0.2) is 18.3 Å². The molecule has 4 heteroatoms. The second kappa shape index (κ2) is 6.55. The van der Waals surface area contributed by atoms with Gasteiger partial charge in [0.1, 0.15) is 5.69 Å². The summed E-state index contributed by atoms with van der Waals surface area (Å²) in [5, 5.41) is 2.98. The van der Waals surface area contributed by atoms with Gasteiger partial charge in [0.15, 0.2) is 0 Å². The summed E-state index contributed by atoms with van der Waals surface area (Å²) < 4.78 is 0. The highest BCUT2D eigenvalue weighted by molar-refractivity contribution is 5.92. The highest BCUT2D eigenvalue weighted by atomic mass is 16.1. The SMILES string of the molecule is CCC1CCC(CNC(=O)c2ccc(N)cn2)CC1. The van der Waals surface area contributed by atoms with E-state index < -0.39 is 0 Å². The van der Waals surface area contributed by atoms with E-state index >= 15 is 0 Å². The first-order chi connectivity index (χ1) is 9.19. The third-order valence-corrected chi connectivity index (χ3v) is 4.11. The number of nitrogens with two attached hydrogens (primary N) is 1. The lowest BCUT2D eigenvalue weighted by atomic mass is 9.81. The Morgan fingerprint density at radius 3 is 2.58 bits per heavy atom. The Morgan fingerprint density at radius 2 is 2.00 bits per heavy atom. The molecule has 2 rings (SSSR count). The van der Waals surface area contributed by atoms with Gasteiger partial charge < -0.3 is 11.1 Å². The standard InChI is InChI=1S/C15H23N3O/c1-2-11-3-5-12(6-4-11)9-18-15(19)14-8-7-13(16)10-17-14/h7-8,10-12H,2-6,9,16H2,1H3,(H,18,19). The number of carbonyl (C=O) groups is 1. The zero-order chi connectivity index (χ0) is 13.7. The lowest BCUT2D eigenvalue weighted by Gasteiger charge is -2.27. The first kappa shape index (κ1) is 13.8. The van der Waals surface area contributed by atoms with Crippen molar-refractivity contribution < 1.29 is 4.79 Å². The first-order valence-electron chi connectivity index (χ1n) is 7.18. The lowest BCUT2D eigenvalue weighted by Crippen LogP contribution is -2.31. The summed E-state index contributed by atoms with van der Waals surface area (Å²) in [7, 11) is 0. The van der Waals surface area contributed by atoms with Crippen molar-refractivity contribution in [3.8, 4) is 0 Å². The Bertz CT molecular complexity index is 408. The third-order valence-electron chi connectivity index (χ3n) is 4.11. The van der Waals surface area contributed by atoms with Crippen LogP contribution in [0.2, 0.25) is 0 Å². The van der Waals surface area contributed by atoms with Crippen LogP contribution in [0.4, 0.5) is 5.69 Å². The zero-order valence-electron chi connectivity index (χ0n) is 11.6. The minimum absolute atomic E-state index is 0.0994. The number of nitrogen functional groups attached to an aromatic ring is 1. The van der Waals surface area contributed by atoms with Gasteiger partial charge in [-0.1, -0.05) is 26.2 Å². The van der Waals surface area contributed by atoms with Crippen molar-refractivity contribution in [1.29, 1.82) is 0 Å². The molecule has 0 radical (unpaired) electrons. The second-order valence-corrected chi connectivity index (χ2v) is 5.48. The van der Waals surface area contributed by atoms with Crippen LogP contribution in [0, 0.1) is 11.8 Å². The molecular weight excluding hydrogens is 238 g/mol. The summed E-state index contributed by atoms with van der Waals surface area (Å²) >= 11 is 0. The molecule has 0 bridgehead atoms. The molecule has 0 aromatic carbocycles. The van der Waals surface area contributed by atoms with Crippen molar-refractivity contribution >= 4 is 11.6 Å². The number of hydrogen-bond donors (Lipinski definition) is 2. The molecule has 19 heavy (non-hydrogen) atoms. The predicted molar refractivity (Wildman–Crippen MR) is 76.7 cm³/mol. The molecule has 1 aromatic heterocycles. The Morgan fingerprint density at radius 1 is 1.32 bits per heavy atom. The molecule has 1 aromatic rings. The fourth-order valence-electron chi connectivity index (χ4n) is 2.71. The van der Waals surface area contributed by atoms with Crippen LogP contribution in [0.3, 0.4) is 0 Å². The fourth-order valence-corrected chi connectivity index (χ4v) is 2.71. The number of aromatic nitrogens is 1. The number of nitrogens with one attached hydrogen (secondary N) is 1. The molecule has 1 heterocycles. The summed E-state index contributed by atoms with van der Waals surface area (Å²) in [5.74, 6) is 1.42. The fraction of sp³-hybridized carbons (Fsp3) is 0.600.